The molecule has 0 aliphatic heterocycles. The van der Waals surface area contributed by atoms with Crippen molar-refractivity contribution in [3.8, 4) is 0 Å². The third-order valence-electron chi connectivity index (χ3n) is 3.13. The van der Waals surface area contributed by atoms with Gasteiger partial charge in [-0.15, -0.1) is 11.3 Å². The summed E-state index contributed by atoms with van der Waals surface area (Å²) in [7, 11) is 0. The van der Waals surface area contributed by atoms with Crippen molar-refractivity contribution in [2.75, 3.05) is 5.32 Å². The zero-order chi connectivity index (χ0) is 13.2. The van der Waals surface area contributed by atoms with E-state index in [0.29, 0.717) is 11.1 Å². The fourth-order valence-corrected chi connectivity index (χ4v) is 2.92. The van der Waals surface area contributed by atoms with Crippen LogP contribution < -0.4 is 5.32 Å². The van der Waals surface area contributed by atoms with E-state index in [0.717, 1.165) is 23.1 Å². The number of aromatic nitrogens is 3. The van der Waals surface area contributed by atoms with Crippen LogP contribution in [0.25, 0.3) is 0 Å². The van der Waals surface area contributed by atoms with Gasteiger partial charge in [-0.25, -0.2) is 15.0 Å². The van der Waals surface area contributed by atoms with Crippen LogP contribution >= 0.6 is 22.9 Å². The Labute approximate surface area is 121 Å². The number of hydrogen-bond acceptors (Lipinski definition) is 5. The van der Waals surface area contributed by atoms with E-state index in [4.69, 9.17) is 11.6 Å². The Balaban J connectivity index is 1.81. The highest BCUT2D eigenvalue weighted by molar-refractivity contribution is 7.09. The van der Waals surface area contributed by atoms with E-state index in [1.54, 1.807) is 17.4 Å². The van der Waals surface area contributed by atoms with Gasteiger partial charge >= 0.3 is 0 Å². The van der Waals surface area contributed by atoms with E-state index >= 15 is 0 Å². The minimum absolute atomic E-state index is 0.179. The summed E-state index contributed by atoms with van der Waals surface area (Å²) >= 11 is 7.72. The highest BCUT2D eigenvalue weighted by Crippen LogP contribution is 2.39. The van der Waals surface area contributed by atoms with Gasteiger partial charge in [-0.1, -0.05) is 18.5 Å². The van der Waals surface area contributed by atoms with Gasteiger partial charge in [0.15, 0.2) is 0 Å². The Kier molecular flexibility index (Phi) is 3.66. The highest BCUT2D eigenvalue weighted by Gasteiger charge is 2.27. The van der Waals surface area contributed by atoms with Crippen molar-refractivity contribution in [1.29, 1.82) is 0 Å². The second kappa shape index (κ2) is 5.43. The molecule has 2 aromatic heterocycles. The molecule has 2 aromatic rings. The fraction of sp³-hybridized carbons (Fsp3) is 0.462. The third kappa shape index (κ3) is 3.04. The third-order valence-corrected chi connectivity index (χ3v) is 4.22. The van der Waals surface area contributed by atoms with Crippen LogP contribution in [-0.2, 0) is 0 Å². The van der Waals surface area contributed by atoms with E-state index in [1.165, 1.54) is 12.8 Å². The Morgan fingerprint density at radius 1 is 1.47 bits per heavy atom. The summed E-state index contributed by atoms with van der Waals surface area (Å²) in [5.41, 5.74) is 0. The standard InChI is InChI=1S/C13H15ClN4S/c1-2-9(13-15-5-6-19-13)16-11-7-10(14)17-12(18-11)8-3-4-8/h5-9H,2-4H2,1H3,(H,16,17,18). The van der Waals surface area contributed by atoms with Crippen LogP contribution in [-0.4, -0.2) is 15.0 Å². The number of hydrogen-bond donors (Lipinski definition) is 1. The zero-order valence-corrected chi connectivity index (χ0v) is 12.2. The zero-order valence-electron chi connectivity index (χ0n) is 10.6. The quantitative estimate of drug-likeness (QED) is 0.846. The van der Waals surface area contributed by atoms with Gasteiger partial charge in [0.2, 0.25) is 0 Å². The molecule has 100 valence electrons. The maximum atomic E-state index is 6.07. The SMILES string of the molecule is CCC(Nc1cc(Cl)nc(C2CC2)n1)c1nccs1. The van der Waals surface area contributed by atoms with Crippen LogP contribution in [0.4, 0.5) is 5.82 Å². The van der Waals surface area contributed by atoms with Crippen LogP contribution in [0, 0.1) is 0 Å². The van der Waals surface area contributed by atoms with Gasteiger partial charge in [0.25, 0.3) is 0 Å². The van der Waals surface area contributed by atoms with Crippen molar-refractivity contribution >= 4 is 28.8 Å². The van der Waals surface area contributed by atoms with E-state index in [-0.39, 0.29) is 6.04 Å². The van der Waals surface area contributed by atoms with Gasteiger partial charge < -0.3 is 5.32 Å². The lowest BCUT2D eigenvalue weighted by Crippen LogP contribution is -2.11. The van der Waals surface area contributed by atoms with Crippen LogP contribution in [0.15, 0.2) is 17.6 Å². The molecule has 19 heavy (non-hydrogen) atoms. The first-order valence-corrected chi connectivity index (χ1v) is 7.72. The van der Waals surface area contributed by atoms with Crippen LogP contribution in [0.2, 0.25) is 5.15 Å². The number of anilines is 1. The predicted octanol–water partition coefficient (Wildman–Crippen LogP) is 4.03. The van der Waals surface area contributed by atoms with Crippen molar-refractivity contribution in [3.05, 3.63) is 33.6 Å². The Bertz CT molecular complexity index is 554. The average Bonchev–Trinajstić information content (AvgIpc) is 3.11. The first-order valence-electron chi connectivity index (χ1n) is 6.46. The Morgan fingerprint density at radius 2 is 2.32 bits per heavy atom. The van der Waals surface area contributed by atoms with Crippen LogP contribution in [0.1, 0.15) is 49.0 Å². The van der Waals surface area contributed by atoms with E-state index < -0.39 is 0 Å². The minimum atomic E-state index is 0.179. The van der Waals surface area contributed by atoms with Crippen molar-refractivity contribution < 1.29 is 0 Å². The monoisotopic (exact) mass is 294 g/mol. The number of nitrogens with one attached hydrogen (secondary N) is 1. The molecule has 3 rings (SSSR count). The van der Waals surface area contributed by atoms with Gasteiger partial charge in [-0.2, -0.15) is 0 Å². The highest BCUT2D eigenvalue weighted by atomic mass is 35.5. The van der Waals surface area contributed by atoms with E-state index in [1.807, 2.05) is 11.6 Å². The van der Waals surface area contributed by atoms with Gasteiger partial charge in [-0.3, -0.25) is 0 Å². The number of halogens is 1. The molecule has 0 amide bonds. The molecule has 0 bridgehead atoms. The molecule has 2 heterocycles. The molecule has 1 fully saturated rings. The second-order valence-electron chi connectivity index (χ2n) is 4.68. The molecule has 4 nitrogen and oxygen atoms in total. The topological polar surface area (TPSA) is 50.7 Å². The number of nitrogens with zero attached hydrogens (tertiary/aromatic N) is 3. The smallest absolute Gasteiger partial charge is 0.135 e. The van der Waals surface area contributed by atoms with Crippen molar-refractivity contribution in [1.82, 2.24) is 15.0 Å². The first kappa shape index (κ1) is 12.8. The van der Waals surface area contributed by atoms with Crippen LogP contribution in [0.5, 0.6) is 0 Å². The van der Waals surface area contributed by atoms with Crippen molar-refractivity contribution in [2.45, 2.75) is 38.1 Å². The average molecular weight is 295 g/mol. The normalized spacial score (nSPS) is 16.3. The largest absolute Gasteiger partial charge is 0.361 e. The summed E-state index contributed by atoms with van der Waals surface area (Å²) in [6.45, 7) is 2.13. The second-order valence-corrected chi connectivity index (χ2v) is 6.00. The Hall–Kier alpha value is -1.20. The molecular formula is C13H15ClN4S. The molecule has 1 unspecified atom stereocenters. The van der Waals surface area contributed by atoms with Gasteiger partial charge in [0.1, 0.15) is 21.8 Å². The molecule has 0 spiro atoms. The molecule has 6 heteroatoms. The summed E-state index contributed by atoms with van der Waals surface area (Å²) in [5.74, 6) is 2.16. The maximum Gasteiger partial charge on any atom is 0.135 e. The molecule has 1 N–H and O–H groups in total. The van der Waals surface area contributed by atoms with Crippen molar-refractivity contribution in [2.24, 2.45) is 0 Å². The van der Waals surface area contributed by atoms with Gasteiger partial charge in [-0.05, 0) is 19.3 Å². The minimum Gasteiger partial charge on any atom is -0.361 e. The molecule has 1 saturated carbocycles. The molecular weight excluding hydrogens is 280 g/mol. The summed E-state index contributed by atoms with van der Waals surface area (Å²) < 4.78 is 0. The van der Waals surface area contributed by atoms with Crippen molar-refractivity contribution in [3.63, 3.8) is 0 Å². The van der Waals surface area contributed by atoms with Gasteiger partial charge in [0.05, 0.1) is 6.04 Å². The summed E-state index contributed by atoms with van der Waals surface area (Å²) in [5, 5.41) is 6.98. The molecule has 0 aromatic carbocycles. The fourth-order valence-electron chi connectivity index (χ4n) is 1.96. The molecule has 0 saturated heterocycles. The van der Waals surface area contributed by atoms with E-state index in [9.17, 15) is 0 Å². The summed E-state index contributed by atoms with van der Waals surface area (Å²) in [6, 6.07) is 1.96. The molecule has 0 radical (unpaired) electrons. The first-order chi connectivity index (χ1) is 9.26. The maximum absolute atomic E-state index is 6.07. The van der Waals surface area contributed by atoms with Crippen LogP contribution in [0.3, 0.4) is 0 Å². The lowest BCUT2D eigenvalue weighted by molar-refractivity contribution is 0.734. The lowest BCUT2D eigenvalue weighted by Gasteiger charge is -2.15. The molecule has 1 atom stereocenters. The van der Waals surface area contributed by atoms with E-state index in [2.05, 4.69) is 27.2 Å². The predicted molar refractivity (Wildman–Crippen MR) is 77.8 cm³/mol. The summed E-state index contributed by atoms with van der Waals surface area (Å²) in [4.78, 5) is 13.2. The lowest BCUT2D eigenvalue weighted by atomic mass is 10.2. The molecule has 1 aliphatic carbocycles. The number of rotatable bonds is 5. The Morgan fingerprint density at radius 3 is 2.95 bits per heavy atom. The molecule has 1 aliphatic rings. The van der Waals surface area contributed by atoms with Gasteiger partial charge in [0, 0.05) is 23.6 Å². The number of thiazole rings is 1. The summed E-state index contributed by atoms with van der Waals surface area (Å²) in [6.07, 6.45) is 5.12.